The third-order valence-corrected chi connectivity index (χ3v) is 2.91. The van der Waals surface area contributed by atoms with Crippen LogP contribution < -0.4 is 10.1 Å². The largest absolute Gasteiger partial charge is 0.504 e. The predicted molar refractivity (Wildman–Crippen MR) is 83.3 cm³/mol. The average molecular weight is 294 g/mol. The first-order chi connectivity index (χ1) is 10.6. The SMILES string of the molecule is COc1ccc(/C=C(/C#N)C(=O)Nc2ccccc2)cc1O. The monoisotopic (exact) mass is 294 g/mol. The molecule has 2 rings (SSSR count). The maximum absolute atomic E-state index is 12.1. The number of hydrogen-bond acceptors (Lipinski definition) is 4. The van der Waals surface area contributed by atoms with E-state index in [1.807, 2.05) is 12.1 Å². The molecule has 2 aromatic carbocycles. The van der Waals surface area contributed by atoms with E-state index in [1.54, 1.807) is 36.4 Å². The van der Waals surface area contributed by atoms with Crippen molar-refractivity contribution in [2.75, 3.05) is 12.4 Å². The number of ether oxygens (including phenoxy) is 1. The highest BCUT2D eigenvalue weighted by Crippen LogP contribution is 2.27. The highest BCUT2D eigenvalue weighted by molar-refractivity contribution is 6.09. The van der Waals surface area contributed by atoms with E-state index in [2.05, 4.69) is 5.32 Å². The van der Waals surface area contributed by atoms with Gasteiger partial charge in [0, 0.05) is 5.69 Å². The first-order valence-corrected chi connectivity index (χ1v) is 6.49. The molecule has 0 atom stereocenters. The van der Waals surface area contributed by atoms with E-state index in [4.69, 9.17) is 10.00 Å². The third kappa shape index (κ3) is 3.64. The number of hydrogen-bond donors (Lipinski definition) is 2. The second-order valence-electron chi connectivity index (χ2n) is 4.42. The maximum Gasteiger partial charge on any atom is 0.266 e. The van der Waals surface area contributed by atoms with Crippen molar-refractivity contribution in [2.24, 2.45) is 0 Å². The van der Waals surface area contributed by atoms with Gasteiger partial charge in [-0.2, -0.15) is 5.26 Å². The van der Waals surface area contributed by atoms with Crippen LogP contribution in [0.1, 0.15) is 5.56 Å². The molecule has 0 heterocycles. The summed E-state index contributed by atoms with van der Waals surface area (Å²) in [4.78, 5) is 12.1. The number of methoxy groups -OCH3 is 1. The van der Waals surface area contributed by atoms with Crippen LogP contribution in [0.5, 0.6) is 11.5 Å². The van der Waals surface area contributed by atoms with Gasteiger partial charge in [0.05, 0.1) is 7.11 Å². The van der Waals surface area contributed by atoms with Gasteiger partial charge in [-0.15, -0.1) is 0 Å². The lowest BCUT2D eigenvalue weighted by atomic mass is 10.1. The Morgan fingerprint density at radius 1 is 1.27 bits per heavy atom. The van der Waals surface area contributed by atoms with E-state index in [1.165, 1.54) is 19.3 Å². The molecular formula is C17H14N2O3. The fraction of sp³-hybridized carbons (Fsp3) is 0.0588. The zero-order valence-electron chi connectivity index (χ0n) is 11.9. The molecule has 2 aromatic rings. The number of aromatic hydroxyl groups is 1. The fourth-order valence-corrected chi connectivity index (χ4v) is 1.83. The Balaban J connectivity index is 2.22. The zero-order chi connectivity index (χ0) is 15.9. The lowest BCUT2D eigenvalue weighted by Crippen LogP contribution is -2.13. The molecule has 5 heteroatoms. The molecule has 0 saturated carbocycles. The van der Waals surface area contributed by atoms with Gasteiger partial charge in [0.1, 0.15) is 11.6 Å². The number of carbonyl (C=O) groups is 1. The Hall–Kier alpha value is -3.26. The Labute approximate surface area is 128 Å². The molecule has 0 aromatic heterocycles. The maximum atomic E-state index is 12.1. The number of benzene rings is 2. The van der Waals surface area contributed by atoms with Crippen molar-refractivity contribution < 1.29 is 14.6 Å². The molecule has 1 amide bonds. The molecular weight excluding hydrogens is 280 g/mol. The standard InChI is InChI=1S/C17H14N2O3/c1-22-16-8-7-12(10-15(16)20)9-13(11-18)17(21)19-14-5-3-2-4-6-14/h2-10,20H,1H3,(H,19,21)/b13-9-. The molecule has 22 heavy (non-hydrogen) atoms. The average Bonchev–Trinajstić information content (AvgIpc) is 2.53. The van der Waals surface area contributed by atoms with Crippen molar-refractivity contribution in [1.29, 1.82) is 5.26 Å². The smallest absolute Gasteiger partial charge is 0.266 e. The Bertz CT molecular complexity index is 746. The zero-order valence-corrected chi connectivity index (χ0v) is 11.9. The number of phenols is 1. The Morgan fingerprint density at radius 2 is 2.00 bits per heavy atom. The summed E-state index contributed by atoms with van der Waals surface area (Å²) in [6.07, 6.45) is 1.40. The number of para-hydroxylation sites is 1. The number of rotatable bonds is 4. The van der Waals surface area contributed by atoms with Crippen LogP contribution in [0.4, 0.5) is 5.69 Å². The van der Waals surface area contributed by atoms with Crippen LogP contribution >= 0.6 is 0 Å². The van der Waals surface area contributed by atoms with Gasteiger partial charge in [-0.1, -0.05) is 24.3 Å². The van der Waals surface area contributed by atoms with Gasteiger partial charge in [-0.25, -0.2) is 0 Å². The second kappa shape index (κ2) is 6.95. The summed E-state index contributed by atoms with van der Waals surface area (Å²) >= 11 is 0. The number of phenolic OH excluding ortho intramolecular Hbond substituents is 1. The summed E-state index contributed by atoms with van der Waals surface area (Å²) < 4.78 is 4.94. The molecule has 0 spiro atoms. The third-order valence-electron chi connectivity index (χ3n) is 2.91. The van der Waals surface area contributed by atoms with Crippen LogP contribution in [0.15, 0.2) is 54.1 Å². The van der Waals surface area contributed by atoms with E-state index in [0.717, 1.165) is 0 Å². The van der Waals surface area contributed by atoms with E-state index in [-0.39, 0.29) is 11.3 Å². The van der Waals surface area contributed by atoms with Crippen LogP contribution in [0.25, 0.3) is 6.08 Å². The lowest BCUT2D eigenvalue weighted by Gasteiger charge is -2.05. The van der Waals surface area contributed by atoms with Crippen molar-refractivity contribution >= 4 is 17.7 Å². The molecule has 0 saturated heterocycles. The van der Waals surface area contributed by atoms with Gasteiger partial charge < -0.3 is 15.2 Å². The summed E-state index contributed by atoms with van der Waals surface area (Å²) in [5, 5.41) is 21.5. The first-order valence-electron chi connectivity index (χ1n) is 6.49. The minimum atomic E-state index is -0.510. The first kappa shape index (κ1) is 15.1. The van der Waals surface area contributed by atoms with Gasteiger partial charge in [0.25, 0.3) is 5.91 Å². The molecule has 0 unspecified atom stereocenters. The predicted octanol–water partition coefficient (Wildman–Crippen LogP) is 2.95. The summed E-state index contributed by atoms with van der Waals surface area (Å²) in [7, 11) is 1.44. The Kier molecular flexibility index (Phi) is 4.78. The van der Waals surface area contributed by atoms with Gasteiger partial charge in [0.2, 0.25) is 0 Å². The van der Waals surface area contributed by atoms with Crippen molar-refractivity contribution in [3.8, 4) is 17.6 Å². The summed E-state index contributed by atoms with van der Waals surface area (Å²) in [6, 6.07) is 15.3. The number of nitrogens with zero attached hydrogens (tertiary/aromatic N) is 1. The Morgan fingerprint density at radius 3 is 2.59 bits per heavy atom. The number of anilines is 1. The van der Waals surface area contributed by atoms with Crippen molar-refractivity contribution in [1.82, 2.24) is 0 Å². The van der Waals surface area contributed by atoms with Crippen molar-refractivity contribution in [3.63, 3.8) is 0 Å². The van der Waals surface area contributed by atoms with Crippen molar-refractivity contribution in [3.05, 3.63) is 59.7 Å². The minimum absolute atomic E-state index is 0.0583. The van der Waals surface area contributed by atoms with E-state index >= 15 is 0 Å². The summed E-state index contributed by atoms with van der Waals surface area (Å²) in [5.74, 6) is -0.245. The minimum Gasteiger partial charge on any atom is -0.504 e. The molecule has 0 aliphatic rings. The molecule has 0 aliphatic carbocycles. The molecule has 0 radical (unpaired) electrons. The highest BCUT2D eigenvalue weighted by atomic mass is 16.5. The van der Waals surface area contributed by atoms with Crippen LogP contribution in [-0.2, 0) is 4.79 Å². The normalized spacial score (nSPS) is 10.6. The molecule has 0 fully saturated rings. The van der Waals surface area contributed by atoms with E-state index < -0.39 is 5.91 Å². The van der Waals surface area contributed by atoms with Crippen LogP contribution in [-0.4, -0.2) is 18.1 Å². The molecule has 110 valence electrons. The van der Waals surface area contributed by atoms with Crippen LogP contribution in [0.3, 0.4) is 0 Å². The fourth-order valence-electron chi connectivity index (χ4n) is 1.83. The van der Waals surface area contributed by atoms with Gasteiger partial charge >= 0.3 is 0 Å². The second-order valence-corrected chi connectivity index (χ2v) is 4.42. The highest BCUT2D eigenvalue weighted by Gasteiger charge is 2.10. The van der Waals surface area contributed by atoms with Crippen LogP contribution in [0, 0.1) is 11.3 Å². The van der Waals surface area contributed by atoms with Crippen LogP contribution in [0.2, 0.25) is 0 Å². The molecule has 5 nitrogen and oxygen atoms in total. The quantitative estimate of drug-likeness (QED) is 0.671. The van der Waals surface area contributed by atoms with E-state index in [0.29, 0.717) is 17.0 Å². The van der Waals surface area contributed by atoms with Gasteiger partial charge in [-0.3, -0.25) is 4.79 Å². The number of nitriles is 1. The summed E-state index contributed by atoms with van der Waals surface area (Å²) in [6.45, 7) is 0. The van der Waals surface area contributed by atoms with E-state index in [9.17, 15) is 9.90 Å². The summed E-state index contributed by atoms with van der Waals surface area (Å²) in [5.41, 5.74) is 1.07. The topological polar surface area (TPSA) is 82.3 Å². The number of nitrogens with one attached hydrogen (secondary N) is 1. The van der Waals surface area contributed by atoms with Crippen molar-refractivity contribution in [2.45, 2.75) is 0 Å². The molecule has 0 bridgehead atoms. The van der Waals surface area contributed by atoms with Gasteiger partial charge in [0.15, 0.2) is 11.5 Å². The molecule has 0 aliphatic heterocycles. The molecule has 2 N–H and O–H groups in total. The van der Waals surface area contributed by atoms with Gasteiger partial charge in [-0.05, 0) is 35.9 Å². The lowest BCUT2D eigenvalue weighted by molar-refractivity contribution is -0.112. The number of carbonyl (C=O) groups excluding carboxylic acids is 1. The number of amides is 1.